The Balaban J connectivity index is 1.80. The molecule has 1 saturated heterocycles. The Labute approximate surface area is 126 Å². The van der Waals surface area contributed by atoms with Crippen molar-refractivity contribution in [3.8, 4) is 0 Å². The lowest BCUT2D eigenvalue weighted by atomic mass is 9.86. The molecule has 0 bridgehead atoms. The molecule has 0 radical (unpaired) electrons. The van der Waals surface area contributed by atoms with Gasteiger partial charge in [0.2, 0.25) is 5.91 Å². The number of aromatic nitrogens is 2. The number of nitrogens with zero attached hydrogens (tertiary/aromatic N) is 3. The van der Waals surface area contributed by atoms with Gasteiger partial charge >= 0.3 is 0 Å². The standard InChI is InChI=1S/C16H24N4O/c1-3-15(21)17-11-12-5-4-10-20(13-6-7-13)16(12)14-8-9-18-19(14)2/h3,8-9,12-13,16H,1,4-7,10-11H2,2H3,(H,17,21)/t12-,16+/m1/s1. The van der Waals surface area contributed by atoms with Crippen LogP contribution in [0.25, 0.3) is 0 Å². The Morgan fingerprint density at radius 3 is 2.95 bits per heavy atom. The van der Waals surface area contributed by atoms with E-state index in [1.54, 1.807) is 0 Å². The largest absolute Gasteiger partial charge is 0.352 e. The van der Waals surface area contributed by atoms with E-state index in [-0.39, 0.29) is 5.91 Å². The molecule has 0 unspecified atom stereocenters. The van der Waals surface area contributed by atoms with Crippen LogP contribution in [0.3, 0.4) is 0 Å². The third-order valence-electron chi connectivity index (χ3n) is 4.70. The summed E-state index contributed by atoms with van der Waals surface area (Å²) in [7, 11) is 2.01. The highest BCUT2D eigenvalue weighted by molar-refractivity contribution is 5.86. The van der Waals surface area contributed by atoms with E-state index in [0.717, 1.165) is 19.0 Å². The van der Waals surface area contributed by atoms with Gasteiger partial charge in [0.1, 0.15) is 0 Å². The number of piperidine rings is 1. The fourth-order valence-corrected chi connectivity index (χ4v) is 3.52. The fraction of sp³-hybridized carbons (Fsp3) is 0.625. The summed E-state index contributed by atoms with van der Waals surface area (Å²) in [5, 5.41) is 7.32. The van der Waals surface area contributed by atoms with Gasteiger partial charge in [-0.1, -0.05) is 6.58 Å². The molecule has 0 spiro atoms. The lowest BCUT2D eigenvalue weighted by Crippen LogP contribution is -2.45. The van der Waals surface area contributed by atoms with Gasteiger partial charge in [-0.2, -0.15) is 5.10 Å². The number of amides is 1. The smallest absolute Gasteiger partial charge is 0.243 e. The first kappa shape index (κ1) is 14.3. The fourth-order valence-electron chi connectivity index (χ4n) is 3.52. The SMILES string of the molecule is C=CC(=O)NC[C@H]1CCCN(C2CC2)[C@@H]1c1ccnn1C. The molecule has 1 aliphatic heterocycles. The Bertz CT molecular complexity index is 520. The van der Waals surface area contributed by atoms with Gasteiger partial charge in [-0.3, -0.25) is 14.4 Å². The molecular weight excluding hydrogens is 264 g/mol. The van der Waals surface area contributed by atoms with Crippen LogP contribution in [-0.2, 0) is 11.8 Å². The Morgan fingerprint density at radius 1 is 1.52 bits per heavy atom. The van der Waals surface area contributed by atoms with E-state index in [0.29, 0.717) is 18.5 Å². The third-order valence-corrected chi connectivity index (χ3v) is 4.70. The van der Waals surface area contributed by atoms with E-state index in [9.17, 15) is 4.79 Å². The van der Waals surface area contributed by atoms with Crippen LogP contribution in [0.1, 0.15) is 37.4 Å². The molecule has 5 nitrogen and oxygen atoms in total. The van der Waals surface area contributed by atoms with E-state index in [4.69, 9.17) is 0 Å². The normalized spacial score (nSPS) is 26.5. The molecule has 2 atom stereocenters. The second kappa shape index (κ2) is 6.02. The second-order valence-corrected chi connectivity index (χ2v) is 6.15. The van der Waals surface area contributed by atoms with Gasteiger partial charge in [0.05, 0.1) is 11.7 Å². The van der Waals surface area contributed by atoms with E-state index in [2.05, 4.69) is 28.0 Å². The topological polar surface area (TPSA) is 50.2 Å². The summed E-state index contributed by atoms with van der Waals surface area (Å²) >= 11 is 0. The van der Waals surface area contributed by atoms with Crippen LogP contribution in [0.15, 0.2) is 24.9 Å². The van der Waals surface area contributed by atoms with Gasteiger partial charge < -0.3 is 5.32 Å². The third kappa shape index (κ3) is 3.02. The molecular formula is C16H24N4O. The molecule has 21 heavy (non-hydrogen) atoms. The van der Waals surface area contributed by atoms with Crippen molar-refractivity contribution in [2.24, 2.45) is 13.0 Å². The maximum absolute atomic E-state index is 11.5. The van der Waals surface area contributed by atoms with Crippen LogP contribution in [0.2, 0.25) is 0 Å². The quantitative estimate of drug-likeness (QED) is 0.838. The van der Waals surface area contributed by atoms with Crippen LogP contribution in [0.4, 0.5) is 0 Å². The first-order valence-electron chi connectivity index (χ1n) is 7.84. The number of likely N-dealkylation sites (tertiary alicyclic amines) is 1. The predicted octanol–water partition coefficient (Wildman–Crippen LogP) is 1.64. The lowest BCUT2D eigenvalue weighted by Gasteiger charge is -2.41. The highest BCUT2D eigenvalue weighted by atomic mass is 16.1. The molecule has 2 aliphatic rings. The average molecular weight is 288 g/mol. The lowest BCUT2D eigenvalue weighted by molar-refractivity contribution is -0.116. The van der Waals surface area contributed by atoms with Crippen LogP contribution in [-0.4, -0.2) is 39.7 Å². The van der Waals surface area contributed by atoms with Crippen molar-refractivity contribution in [2.75, 3.05) is 13.1 Å². The van der Waals surface area contributed by atoms with Crippen molar-refractivity contribution in [1.29, 1.82) is 0 Å². The van der Waals surface area contributed by atoms with Crippen molar-refractivity contribution in [3.05, 3.63) is 30.6 Å². The summed E-state index contributed by atoms with van der Waals surface area (Å²) in [6.07, 6.45) is 8.19. The van der Waals surface area contributed by atoms with Crippen LogP contribution in [0.5, 0.6) is 0 Å². The average Bonchev–Trinajstić information content (AvgIpc) is 3.26. The van der Waals surface area contributed by atoms with Crippen molar-refractivity contribution >= 4 is 5.91 Å². The first-order valence-corrected chi connectivity index (χ1v) is 7.84. The minimum Gasteiger partial charge on any atom is -0.352 e. The van der Waals surface area contributed by atoms with Crippen LogP contribution < -0.4 is 5.32 Å². The molecule has 1 aliphatic carbocycles. The van der Waals surface area contributed by atoms with Crippen molar-refractivity contribution in [1.82, 2.24) is 20.0 Å². The zero-order valence-electron chi connectivity index (χ0n) is 12.7. The number of nitrogens with one attached hydrogen (secondary N) is 1. The van der Waals surface area contributed by atoms with Gasteiger partial charge in [-0.25, -0.2) is 0 Å². The van der Waals surface area contributed by atoms with Gasteiger partial charge in [0.15, 0.2) is 0 Å². The molecule has 3 rings (SSSR count). The zero-order chi connectivity index (χ0) is 14.8. The first-order chi connectivity index (χ1) is 10.2. The monoisotopic (exact) mass is 288 g/mol. The number of aryl methyl sites for hydroxylation is 1. The van der Waals surface area contributed by atoms with Gasteiger partial charge in [-0.05, 0) is 50.3 Å². The number of carbonyl (C=O) groups excluding carboxylic acids is 1. The van der Waals surface area contributed by atoms with E-state index >= 15 is 0 Å². The molecule has 1 aromatic rings. The summed E-state index contributed by atoms with van der Waals surface area (Å²) in [4.78, 5) is 14.1. The number of hydrogen-bond acceptors (Lipinski definition) is 3. The highest BCUT2D eigenvalue weighted by Gasteiger charge is 2.41. The molecule has 1 aromatic heterocycles. The number of hydrogen-bond donors (Lipinski definition) is 1. The van der Waals surface area contributed by atoms with Crippen molar-refractivity contribution in [3.63, 3.8) is 0 Å². The molecule has 1 saturated carbocycles. The summed E-state index contributed by atoms with van der Waals surface area (Å²) in [5.74, 6) is 0.362. The highest BCUT2D eigenvalue weighted by Crippen LogP contribution is 2.42. The Kier molecular flexibility index (Phi) is 4.10. The Morgan fingerprint density at radius 2 is 2.33 bits per heavy atom. The molecule has 1 amide bonds. The molecule has 2 heterocycles. The number of carbonyl (C=O) groups is 1. The molecule has 0 aromatic carbocycles. The summed E-state index contributed by atoms with van der Waals surface area (Å²) in [5.41, 5.74) is 1.26. The molecule has 5 heteroatoms. The van der Waals surface area contributed by atoms with Crippen molar-refractivity contribution in [2.45, 2.75) is 37.8 Å². The number of rotatable bonds is 5. The van der Waals surface area contributed by atoms with E-state index in [1.807, 2.05) is 17.9 Å². The minimum atomic E-state index is -0.0812. The molecule has 114 valence electrons. The maximum atomic E-state index is 11.5. The molecule has 2 fully saturated rings. The van der Waals surface area contributed by atoms with Crippen LogP contribution in [0, 0.1) is 5.92 Å². The summed E-state index contributed by atoms with van der Waals surface area (Å²) in [6, 6.07) is 3.21. The van der Waals surface area contributed by atoms with Gasteiger partial charge in [0.25, 0.3) is 0 Å². The minimum absolute atomic E-state index is 0.0812. The van der Waals surface area contributed by atoms with Crippen molar-refractivity contribution < 1.29 is 4.79 Å². The molecule has 1 N–H and O–H groups in total. The summed E-state index contributed by atoms with van der Waals surface area (Å²) < 4.78 is 1.98. The van der Waals surface area contributed by atoms with Gasteiger partial charge in [0, 0.05) is 25.8 Å². The second-order valence-electron chi connectivity index (χ2n) is 6.15. The zero-order valence-corrected chi connectivity index (χ0v) is 12.7. The Hall–Kier alpha value is -1.62. The van der Waals surface area contributed by atoms with Crippen LogP contribution >= 0.6 is 0 Å². The van der Waals surface area contributed by atoms with E-state index in [1.165, 1.54) is 31.0 Å². The maximum Gasteiger partial charge on any atom is 0.243 e. The van der Waals surface area contributed by atoms with Gasteiger partial charge in [-0.15, -0.1) is 0 Å². The summed E-state index contributed by atoms with van der Waals surface area (Å²) in [6.45, 7) is 5.40. The predicted molar refractivity (Wildman–Crippen MR) is 81.6 cm³/mol. The van der Waals surface area contributed by atoms with E-state index < -0.39 is 0 Å².